The lowest BCUT2D eigenvalue weighted by molar-refractivity contribution is 0.284. The van der Waals surface area contributed by atoms with Gasteiger partial charge in [-0.15, -0.1) is 0 Å². The third-order valence-electron chi connectivity index (χ3n) is 6.89. The van der Waals surface area contributed by atoms with Gasteiger partial charge >= 0.3 is 0 Å². The Labute approximate surface area is 218 Å². The molecule has 0 heterocycles. The van der Waals surface area contributed by atoms with Crippen LogP contribution in [0.5, 0.6) is 11.5 Å². The molecule has 0 saturated carbocycles. The average molecular weight is 481 g/mol. The highest BCUT2D eigenvalue weighted by Crippen LogP contribution is 2.37. The van der Waals surface area contributed by atoms with E-state index in [1.54, 1.807) is 7.11 Å². The zero-order chi connectivity index (χ0) is 25.0. The summed E-state index contributed by atoms with van der Waals surface area (Å²) in [5, 5.41) is 2.53. The molecule has 0 spiro atoms. The Kier molecular flexibility index (Phi) is 6.31. The fraction of sp³-hybridized carbons (Fsp3) is 0.0857. The van der Waals surface area contributed by atoms with E-state index < -0.39 is 0 Å². The van der Waals surface area contributed by atoms with Gasteiger partial charge in [0.25, 0.3) is 0 Å². The van der Waals surface area contributed by atoms with Gasteiger partial charge in [-0.25, -0.2) is 0 Å². The zero-order valence-corrected chi connectivity index (χ0v) is 20.9. The van der Waals surface area contributed by atoms with Crippen LogP contribution < -0.4 is 9.47 Å². The van der Waals surface area contributed by atoms with E-state index in [9.17, 15) is 0 Å². The lowest BCUT2D eigenvalue weighted by Crippen LogP contribution is -1.98. The van der Waals surface area contributed by atoms with Crippen LogP contribution in [-0.2, 0) is 6.61 Å². The molecule has 37 heavy (non-hydrogen) atoms. The second-order valence-electron chi connectivity index (χ2n) is 9.26. The smallest absolute Gasteiger partial charge is 0.161 e. The summed E-state index contributed by atoms with van der Waals surface area (Å²) in [6.45, 7) is 0.504. The topological polar surface area (TPSA) is 18.5 Å². The first kappa shape index (κ1) is 22.9. The molecule has 0 bridgehead atoms. The number of ether oxygens (including phenoxy) is 2. The number of allylic oxidation sites excluding steroid dienone is 2. The number of fused-ring (bicyclic) bond motifs is 2. The molecule has 5 aromatic carbocycles. The van der Waals surface area contributed by atoms with Crippen LogP contribution in [0.25, 0.3) is 33.5 Å². The van der Waals surface area contributed by atoms with Crippen molar-refractivity contribution in [3.8, 4) is 22.6 Å². The van der Waals surface area contributed by atoms with E-state index >= 15 is 0 Å². The van der Waals surface area contributed by atoms with Crippen molar-refractivity contribution in [2.75, 3.05) is 7.11 Å². The molecule has 5 aromatic rings. The highest BCUT2D eigenvalue weighted by atomic mass is 16.5. The van der Waals surface area contributed by atoms with Crippen LogP contribution >= 0.6 is 0 Å². The standard InChI is InChI=1S/C35H28O2/c1-36-35-23-29(18-20-34(35)37-24-25-9-3-2-4-10-25)28-17-19-33-30(22-28)13-7-8-14-32(33)31-16-15-26-11-5-6-12-27(26)21-31/h2-7,9-23H,8,24H2,1H3. The van der Waals surface area contributed by atoms with Crippen LogP contribution in [0.3, 0.4) is 0 Å². The molecule has 180 valence electrons. The summed E-state index contributed by atoms with van der Waals surface area (Å²) in [5.74, 6) is 1.47. The first-order valence-corrected chi connectivity index (χ1v) is 12.6. The maximum absolute atomic E-state index is 6.06. The molecule has 0 atom stereocenters. The molecule has 1 aliphatic carbocycles. The van der Waals surface area contributed by atoms with E-state index in [0.717, 1.165) is 34.6 Å². The summed E-state index contributed by atoms with van der Waals surface area (Å²) in [7, 11) is 1.69. The summed E-state index contributed by atoms with van der Waals surface area (Å²) in [6.07, 6.45) is 7.71. The molecule has 0 amide bonds. The third kappa shape index (κ3) is 4.79. The molecule has 6 rings (SSSR count). The molecule has 2 nitrogen and oxygen atoms in total. The molecule has 1 aliphatic rings. The van der Waals surface area contributed by atoms with Gasteiger partial charge in [0.05, 0.1) is 7.11 Å². The van der Waals surface area contributed by atoms with Gasteiger partial charge in [0.1, 0.15) is 6.61 Å². The lowest BCUT2D eigenvalue weighted by atomic mass is 9.90. The minimum atomic E-state index is 0.504. The molecule has 0 aromatic heterocycles. The minimum Gasteiger partial charge on any atom is -0.493 e. The summed E-state index contributed by atoms with van der Waals surface area (Å²) < 4.78 is 11.8. The van der Waals surface area contributed by atoms with Crippen LogP contribution in [0.1, 0.15) is 28.7 Å². The van der Waals surface area contributed by atoms with Crippen molar-refractivity contribution in [3.63, 3.8) is 0 Å². The molecular weight excluding hydrogens is 452 g/mol. The minimum absolute atomic E-state index is 0.504. The van der Waals surface area contributed by atoms with Gasteiger partial charge in [-0.05, 0) is 80.4 Å². The monoisotopic (exact) mass is 480 g/mol. The molecule has 0 radical (unpaired) electrons. The van der Waals surface area contributed by atoms with E-state index in [-0.39, 0.29) is 0 Å². The highest BCUT2D eigenvalue weighted by Gasteiger charge is 2.14. The van der Waals surface area contributed by atoms with E-state index in [2.05, 4.69) is 103 Å². The van der Waals surface area contributed by atoms with Crippen LogP contribution in [0, 0.1) is 0 Å². The number of rotatable bonds is 6. The second kappa shape index (κ2) is 10.2. The predicted octanol–water partition coefficient (Wildman–Crippen LogP) is 8.94. The number of benzene rings is 5. The zero-order valence-electron chi connectivity index (χ0n) is 20.9. The fourth-order valence-corrected chi connectivity index (χ4v) is 4.95. The van der Waals surface area contributed by atoms with E-state index in [1.807, 2.05) is 24.3 Å². The second-order valence-corrected chi connectivity index (χ2v) is 9.26. The van der Waals surface area contributed by atoms with E-state index in [4.69, 9.17) is 9.47 Å². The summed E-state index contributed by atoms with van der Waals surface area (Å²) >= 11 is 0. The largest absolute Gasteiger partial charge is 0.493 e. The normalized spacial score (nSPS) is 12.5. The van der Waals surface area contributed by atoms with Crippen LogP contribution in [0.2, 0.25) is 0 Å². The Morgan fingerprint density at radius 2 is 1.41 bits per heavy atom. The van der Waals surface area contributed by atoms with Gasteiger partial charge in [-0.3, -0.25) is 0 Å². The average Bonchev–Trinajstić information content (AvgIpc) is 3.18. The first-order chi connectivity index (χ1) is 18.3. The Bertz CT molecular complexity index is 1630. The van der Waals surface area contributed by atoms with Gasteiger partial charge < -0.3 is 9.47 Å². The molecule has 0 fully saturated rings. The van der Waals surface area contributed by atoms with Crippen LogP contribution in [0.4, 0.5) is 0 Å². The Balaban J connectivity index is 1.31. The third-order valence-corrected chi connectivity index (χ3v) is 6.89. The molecular formula is C35H28O2. The van der Waals surface area contributed by atoms with Crippen molar-refractivity contribution in [1.82, 2.24) is 0 Å². The maximum atomic E-state index is 6.06. The molecule has 0 saturated heterocycles. The van der Waals surface area contributed by atoms with Crippen molar-refractivity contribution < 1.29 is 9.47 Å². The fourth-order valence-electron chi connectivity index (χ4n) is 4.95. The Morgan fingerprint density at radius 3 is 2.27 bits per heavy atom. The Hall–Kier alpha value is -4.56. The van der Waals surface area contributed by atoms with Crippen molar-refractivity contribution >= 4 is 22.4 Å². The van der Waals surface area contributed by atoms with Gasteiger partial charge in [0.2, 0.25) is 0 Å². The van der Waals surface area contributed by atoms with Gasteiger partial charge in [0.15, 0.2) is 11.5 Å². The predicted molar refractivity (Wildman–Crippen MR) is 154 cm³/mol. The quantitative estimate of drug-likeness (QED) is 0.241. The highest BCUT2D eigenvalue weighted by molar-refractivity contribution is 5.92. The summed E-state index contributed by atoms with van der Waals surface area (Å²) in [5.41, 5.74) is 8.37. The first-order valence-electron chi connectivity index (χ1n) is 12.6. The maximum Gasteiger partial charge on any atom is 0.161 e. The van der Waals surface area contributed by atoms with Gasteiger partial charge in [-0.2, -0.15) is 0 Å². The van der Waals surface area contributed by atoms with E-state index in [0.29, 0.717) is 6.61 Å². The molecule has 2 heteroatoms. The number of methoxy groups -OCH3 is 1. The summed E-state index contributed by atoms with van der Waals surface area (Å²) in [4.78, 5) is 0. The van der Waals surface area contributed by atoms with Crippen molar-refractivity contribution in [2.45, 2.75) is 13.0 Å². The van der Waals surface area contributed by atoms with Crippen LogP contribution in [0.15, 0.2) is 121 Å². The summed E-state index contributed by atoms with van der Waals surface area (Å²) in [6, 6.07) is 38.3. The van der Waals surface area contributed by atoms with Crippen molar-refractivity contribution in [1.29, 1.82) is 0 Å². The van der Waals surface area contributed by atoms with Gasteiger partial charge in [0, 0.05) is 0 Å². The molecule has 0 unspecified atom stereocenters. The number of hydrogen-bond donors (Lipinski definition) is 0. The molecule has 0 N–H and O–H groups in total. The molecule has 0 aliphatic heterocycles. The van der Waals surface area contributed by atoms with Crippen LogP contribution in [-0.4, -0.2) is 7.11 Å². The van der Waals surface area contributed by atoms with Crippen molar-refractivity contribution in [3.05, 3.63) is 144 Å². The lowest BCUT2D eigenvalue weighted by Gasteiger charge is -2.15. The van der Waals surface area contributed by atoms with E-state index in [1.165, 1.54) is 33.0 Å². The SMILES string of the molecule is COc1cc(-c2ccc3c(c2)C=CCC=C3c2ccc3ccccc3c2)ccc1OCc1ccccc1. The van der Waals surface area contributed by atoms with Crippen molar-refractivity contribution in [2.24, 2.45) is 0 Å². The number of hydrogen-bond acceptors (Lipinski definition) is 2. The Morgan fingerprint density at radius 1 is 0.649 bits per heavy atom. The van der Waals surface area contributed by atoms with Gasteiger partial charge in [-0.1, -0.05) is 103 Å².